The summed E-state index contributed by atoms with van der Waals surface area (Å²) in [7, 11) is 4.18. The lowest BCUT2D eigenvalue weighted by Gasteiger charge is -2.35. The lowest BCUT2D eigenvalue weighted by Crippen LogP contribution is -2.46. The van der Waals surface area contributed by atoms with Crippen molar-refractivity contribution in [2.75, 3.05) is 32.5 Å². The van der Waals surface area contributed by atoms with Gasteiger partial charge in [-0.2, -0.15) is 0 Å². The zero-order valence-electron chi connectivity index (χ0n) is 14.3. The quantitative estimate of drug-likeness (QED) is 0.911. The summed E-state index contributed by atoms with van der Waals surface area (Å²) in [6, 6.07) is 5.99. The Morgan fingerprint density at radius 2 is 1.87 bits per heavy atom. The van der Waals surface area contributed by atoms with Gasteiger partial charge in [0.1, 0.15) is 0 Å². The van der Waals surface area contributed by atoms with Crippen molar-refractivity contribution in [3.8, 4) is 11.5 Å². The molecule has 1 N–H and O–H groups in total. The molecule has 0 spiro atoms. The van der Waals surface area contributed by atoms with Gasteiger partial charge in [0.15, 0.2) is 11.5 Å². The third-order valence-corrected chi connectivity index (χ3v) is 4.39. The third kappa shape index (κ3) is 3.52. The summed E-state index contributed by atoms with van der Waals surface area (Å²) in [5, 5.41) is 2.95. The Labute approximate surface area is 137 Å². The molecule has 23 heavy (non-hydrogen) atoms. The predicted octanol–water partition coefficient (Wildman–Crippen LogP) is 2.75. The fraction of sp³-hybridized carbons (Fsp3) is 0.588. The number of ether oxygens (including phenoxy) is 2. The van der Waals surface area contributed by atoms with Gasteiger partial charge in [-0.3, -0.25) is 0 Å². The number of rotatable bonds is 2. The van der Waals surface area contributed by atoms with E-state index in [0.29, 0.717) is 17.5 Å². The lowest BCUT2D eigenvalue weighted by atomic mass is 10.0. The zero-order chi connectivity index (χ0) is 16.6. The summed E-state index contributed by atoms with van der Waals surface area (Å²) in [6.07, 6.45) is 2.02. The molecule has 2 amide bonds. The van der Waals surface area contributed by atoms with Crippen LogP contribution in [0, 0.1) is 0 Å². The highest BCUT2D eigenvalue weighted by Gasteiger charge is 2.32. The minimum atomic E-state index is -0.654. The molecule has 126 valence electrons. The summed E-state index contributed by atoms with van der Waals surface area (Å²) >= 11 is 0. The number of benzene rings is 1. The fourth-order valence-corrected chi connectivity index (χ4v) is 3.09. The Bertz CT molecular complexity index is 593. The first kappa shape index (κ1) is 15.9. The Morgan fingerprint density at radius 1 is 1.22 bits per heavy atom. The largest absolute Gasteiger partial charge is 0.449 e. The van der Waals surface area contributed by atoms with Crippen LogP contribution in [0.25, 0.3) is 0 Å². The van der Waals surface area contributed by atoms with Crippen molar-refractivity contribution in [2.24, 2.45) is 0 Å². The summed E-state index contributed by atoms with van der Waals surface area (Å²) in [5.41, 5.74) is 0.727. The van der Waals surface area contributed by atoms with E-state index in [2.05, 4.69) is 24.3 Å². The fourth-order valence-electron chi connectivity index (χ4n) is 3.09. The molecule has 2 aliphatic heterocycles. The molecule has 0 aromatic heterocycles. The van der Waals surface area contributed by atoms with Crippen molar-refractivity contribution in [1.82, 2.24) is 9.80 Å². The first-order valence-electron chi connectivity index (χ1n) is 8.08. The number of hydrogen-bond donors (Lipinski definition) is 1. The Hall–Kier alpha value is -1.95. The molecule has 3 rings (SSSR count). The van der Waals surface area contributed by atoms with Crippen LogP contribution < -0.4 is 14.8 Å². The van der Waals surface area contributed by atoms with E-state index >= 15 is 0 Å². The van der Waals surface area contributed by atoms with Gasteiger partial charge in [-0.05, 0) is 39.1 Å². The number of urea groups is 1. The number of carbonyl (C=O) groups is 1. The van der Waals surface area contributed by atoms with Crippen LogP contribution in [0.1, 0.15) is 26.7 Å². The zero-order valence-corrected chi connectivity index (χ0v) is 14.3. The summed E-state index contributed by atoms with van der Waals surface area (Å²) < 4.78 is 11.4. The summed E-state index contributed by atoms with van der Waals surface area (Å²) in [6.45, 7) is 5.29. The van der Waals surface area contributed by atoms with Crippen LogP contribution in [0.2, 0.25) is 0 Å². The SMILES string of the molecule is CN(C)C1CCN(C(=O)Nc2ccc3c(c2)OC(C)(C)O3)CC1. The van der Waals surface area contributed by atoms with E-state index in [1.54, 1.807) is 0 Å². The molecule has 0 radical (unpaired) electrons. The molecule has 1 aromatic carbocycles. The molecule has 0 saturated carbocycles. The van der Waals surface area contributed by atoms with Crippen LogP contribution in [0.3, 0.4) is 0 Å². The van der Waals surface area contributed by atoms with Crippen molar-refractivity contribution < 1.29 is 14.3 Å². The lowest BCUT2D eigenvalue weighted by molar-refractivity contribution is -0.0431. The van der Waals surface area contributed by atoms with Crippen molar-refractivity contribution in [2.45, 2.75) is 38.5 Å². The minimum absolute atomic E-state index is 0.0552. The molecular weight excluding hydrogens is 294 g/mol. The van der Waals surface area contributed by atoms with E-state index < -0.39 is 5.79 Å². The second kappa shape index (κ2) is 5.92. The van der Waals surface area contributed by atoms with E-state index in [0.717, 1.165) is 31.6 Å². The molecule has 2 heterocycles. The first-order valence-corrected chi connectivity index (χ1v) is 8.08. The highest BCUT2D eigenvalue weighted by atomic mass is 16.7. The number of amides is 2. The molecule has 2 aliphatic rings. The van der Waals surface area contributed by atoms with Gasteiger partial charge >= 0.3 is 6.03 Å². The van der Waals surface area contributed by atoms with Gasteiger partial charge in [0, 0.05) is 44.7 Å². The topological polar surface area (TPSA) is 54.0 Å². The van der Waals surface area contributed by atoms with Crippen molar-refractivity contribution in [1.29, 1.82) is 0 Å². The second-order valence-corrected chi connectivity index (χ2v) is 6.88. The van der Waals surface area contributed by atoms with E-state index in [9.17, 15) is 4.79 Å². The van der Waals surface area contributed by atoms with Gasteiger partial charge in [-0.15, -0.1) is 0 Å². The van der Waals surface area contributed by atoms with Gasteiger partial charge in [0.25, 0.3) is 0 Å². The molecule has 1 saturated heterocycles. The number of piperidine rings is 1. The predicted molar refractivity (Wildman–Crippen MR) is 89.1 cm³/mol. The van der Waals surface area contributed by atoms with Crippen molar-refractivity contribution >= 4 is 11.7 Å². The molecule has 1 fully saturated rings. The standard InChI is InChI=1S/C17H25N3O3/c1-17(2)22-14-6-5-12(11-15(14)23-17)18-16(21)20-9-7-13(8-10-20)19(3)4/h5-6,11,13H,7-10H2,1-4H3,(H,18,21). The number of likely N-dealkylation sites (tertiary alicyclic amines) is 1. The first-order chi connectivity index (χ1) is 10.8. The summed E-state index contributed by atoms with van der Waals surface area (Å²) in [4.78, 5) is 16.5. The Kier molecular flexibility index (Phi) is 4.10. The van der Waals surface area contributed by atoms with Crippen LogP contribution in [0.15, 0.2) is 18.2 Å². The van der Waals surface area contributed by atoms with Crippen LogP contribution in [-0.4, -0.2) is 54.8 Å². The van der Waals surface area contributed by atoms with Crippen LogP contribution in [0.4, 0.5) is 10.5 Å². The number of hydrogen-bond acceptors (Lipinski definition) is 4. The van der Waals surface area contributed by atoms with Gasteiger partial charge in [0.05, 0.1) is 0 Å². The number of anilines is 1. The number of fused-ring (bicyclic) bond motifs is 1. The Morgan fingerprint density at radius 3 is 2.52 bits per heavy atom. The van der Waals surface area contributed by atoms with Gasteiger partial charge < -0.3 is 24.6 Å². The van der Waals surface area contributed by atoms with Gasteiger partial charge in [-0.1, -0.05) is 0 Å². The minimum Gasteiger partial charge on any atom is -0.449 e. The van der Waals surface area contributed by atoms with E-state index in [4.69, 9.17) is 9.47 Å². The van der Waals surface area contributed by atoms with E-state index in [-0.39, 0.29) is 6.03 Å². The van der Waals surface area contributed by atoms with Crippen molar-refractivity contribution in [3.05, 3.63) is 18.2 Å². The molecule has 6 heteroatoms. The van der Waals surface area contributed by atoms with Crippen LogP contribution in [-0.2, 0) is 0 Å². The number of nitrogens with zero attached hydrogens (tertiary/aromatic N) is 2. The molecule has 0 atom stereocenters. The van der Waals surface area contributed by atoms with Gasteiger partial charge in [0.2, 0.25) is 5.79 Å². The summed E-state index contributed by atoms with van der Waals surface area (Å²) in [5.74, 6) is 0.720. The smallest absolute Gasteiger partial charge is 0.321 e. The highest BCUT2D eigenvalue weighted by Crippen LogP contribution is 2.40. The second-order valence-electron chi connectivity index (χ2n) is 6.88. The third-order valence-electron chi connectivity index (χ3n) is 4.39. The molecule has 6 nitrogen and oxygen atoms in total. The maximum atomic E-state index is 12.4. The van der Waals surface area contributed by atoms with Crippen LogP contribution in [0.5, 0.6) is 11.5 Å². The molecular formula is C17H25N3O3. The average Bonchev–Trinajstić information content (AvgIpc) is 2.80. The van der Waals surface area contributed by atoms with E-state index in [1.807, 2.05) is 36.9 Å². The number of nitrogens with one attached hydrogen (secondary N) is 1. The molecule has 0 bridgehead atoms. The van der Waals surface area contributed by atoms with Crippen LogP contribution >= 0.6 is 0 Å². The van der Waals surface area contributed by atoms with E-state index in [1.165, 1.54) is 0 Å². The maximum absolute atomic E-state index is 12.4. The molecule has 0 unspecified atom stereocenters. The molecule has 1 aromatic rings. The molecule has 0 aliphatic carbocycles. The normalized spacial score (nSPS) is 20.0. The number of carbonyl (C=O) groups excluding carboxylic acids is 1. The highest BCUT2D eigenvalue weighted by molar-refractivity contribution is 5.89. The monoisotopic (exact) mass is 319 g/mol. The maximum Gasteiger partial charge on any atom is 0.321 e. The van der Waals surface area contributed by atoms with Gasteiger partial charge in [-0.25, -0.2) is 4.79 Å². The Balaban J connectivity index is 1.59. The van der Waals surface area contributed by atoms with Crippen molar-refractivity contribution in [3.63, 3.8) is 0 Å². The average molecular weight is 319 g/mol.